The molecule has 1 aliphatic heterocycles. The maximum absolute atomic E-state index is 14.2. The van der Waals surface area contributed by atoms with Crippen molar-refractivity contribution in [1.82, 2.24) is 0 Å². The molecule has 4 rings (SSSR count). The average molecular weight is 431 g/mol. The van der Waals surface area contributed by atoms with Gasteiger partial charge in [0.2, 0.25) is 0 Å². The van der Waals surface area contributed by atoms with Gasteiger partial charge in [-0.05, 0) is 60.0 Å². The van der Waals surface area contributed by atoms with E-state index in [4.69, 9.17) is 4.99 Å². The highest BCUT2D eigenvalue weighted by Crippen LogP contribution is 2.39. The van der Waals surface area contributed by atoms with E-state index < -0.39 is 0 Å². The van der Waals surface area contributed by atoms with E-state index in [9.17, 15) is 9.18 Å². The minimum Gasteiger partial charge on any atom is -0.268 e. The first kappa shape index (κ1) is 21.1. The quantitative estimate of drug-likeness (QED) is 0.419. The number of rotatable bonds is 5. The average Bonchev–Trinajstić information content (AvgIpc) is 3.10. The molecule has 1 saturated heterocycles. The Morgan fingerprint density at radius 3 is 2.29 bits per heavy atom. The van der Waals surface area contributed by atoms with Gasteiger partial charge >= 0.3 is 0 Å². The Kier molecular flexibility index (Phi) is 6.33. The van der Waals surface area contributed by atoms with Crippen LogP contribution in [0.2, 0.25) is 0 Å². The molecule has 0 aromatic heterocycles. The van der Waals surface area contributed by atoms with Crippen LogP contribution in [0.25, 0.3) is 6.08 Å². The Bertz CT molecular complexity index is 1190. The second-order valence-electron chi connectivity index (χ2n) is 7.13. The molecule has 5 heteroatoms. The number of nitrogens with zero attached hydrogens (tertiary/aromatic N) is 2. The van der Waals surface area contributed by atoms with Crippen LogP contribution in [0, 0.1) is 5.82 Å². The number of hydrogen-bond donors (Lipinski definition) is 0. The van der Waals surface area contributed by atoms with Gasteiger partial charge in [-0.3, -0.25) is 9.69 Å². The maximum Gasteiger partial charge on any atom is 0.271 e. The zero-order valence-electron chi connectivity index (χ0n) is 17.5. The number of carbonyl (C=O) groups excluding carboxylic acids is 1. The summed E-state index contributed by atoms with van der Waals surface area (Å²) in [5, 5.41) is 0.578. The van der Waals surface area contributed by atoms with Crippen LogP contribution >= 0.6 is 11.8 Å². The van der Waals surface area contributed by atoms with Gasteiger partial charge in [-0.1, -0.05) is 68.4 Å². The van der Waals surface area contributed by atoms with E-state index in [1.807, 2.05) is 48.5 Å². The van der Waals surface area contributed by atoms with Gasteiger partial charge in [0.15, 0.2) is 5.17 Å². The highest BCUT2D eigenvalue weighted by Gasteiger charge is 2.36. The molecule has 0 radical (unpaired) electrons. The van der Waals surface area contributed by atoms with Crippen LogP contribution in [-0.2, 0) is 17.6 Å². The van der Waals surface area contributed by atoms with Crippen molar-refractivity contribution < 1.29 is 9.18 Å². The minimum absolute atomic E-state index is 0.193. The second-order valence-corrected chi connectivity index (χ2v) is 8.14. The first-order valence-corrected chi connectivity index (χ1v) is 11.2. The lowest BCUT2D eigenvalue weighted by Gasteiger charge is -2.19. The fourth-order valence-corrected chi connectivity index (χ4v) is 4.52. The summed E-state index contributed by atoms with van der Waals surface area (Å²) >= 11 is 1.28. The van der Waals surface area contributed by atoms with E-state index in [1.54, 1.807) is 29.2 Å². The first-order valence-electron chi connectivity index (χ1n) is 10.4. The van der Waals surface area contributed by atoms with Gasteiger partial charge in [-0.25, -0.2) is 9.38 Å². The van der Waals surface area contributed by atoms with Gasteiger partial charge in [0.05, 0.1) is 16.3 Å². The molecule has 0 unspecified atom stereocenters. The Labute approximate surface area is 186 Å². The van der Waals surface area contributed by atoms with E-state index in [2.05, 4.69) is 13.8 Å². The minimum atomic E-state index is -0.356. The smallest absolute Gasteiger partial charge is 0.268 e. The largest absolute Gasteiger partial charge is 0.271 e. The summed E-state index contributed by atoms with van der Waals surface area (Å²) < 4.78 is 14.2. The summed E-state index contributed by atoms with van der Waals surface area (Å²) in [4.78, 5) is 20.5. The molecule has 1 heterocycles. The van der Waals surface area contributed by atoms with Crippen molar-refractivity contribution in [3.8, 4) is 0 Å². The Hall–Kier alpha value is -3.18. The molecule has 1 amide bonds. The van der Waals surface area contributed by atoms with Crippen molar-refractivity contribution in [2.24, 2.45) is 4.99 Å². The topological polar surface area (TPSA) is 32.7 Å². The molecule has 3 aromatic carbocycles. The van der Waals surface area contributed by atoms with E-state index in [0.717, 1.165) is 35.3 Å². The van der Waals surface area contributed by atoms with Crippen molar-refractivity contribution >= 4 is 40.3 Å². The van der Waals surface area contributed by atoms with Gasteiger partial charge in [-0.15, -0.1) is 0 Å². The fourth-order valence-electron chi connectivity index (χ4n) is 3.54. The van der Waals surface area contributed by atoms with Crippen LogP contribution in [0.4, 0.5) is 15.8 Å². The summed E-state index contributed by atoms with van der Waals surface area (Å²) in [7, 11) is 0. The molecule has 1 aliphatic rings. The molecule has 1 fully saturated rings. The summed E-state index contributed by atoms with van der Waals surface area (Å²) in [6, 6.07) is 22.2. The molecule has 0 bridgehead atoms. The number of hydrogen-bond acceptors (Lipinski definition) is 3. The number of halogens is 1. The number of aliphatic imine (C=N–C) groups is 1. The van der Waals surface area contributed by atoms with Gasteiger partial charge in [0.25, 0.3) is 5.91 Å². The predicted molar refractivity (Wildman–Crippen MR) is 128 cm³/mol. The maximum atomic E-state index is 14.2. The normalized spacial score (nSPS) is 16.5. The Morgan fingerprint density at radius 1 is 0.903 bits per heavy atom. The zero-order chi connectivity index (χ0) is 21.8. The molecule has 0 atom stereocenters. The van der Waals surface area contributed by atoms with Gasteiger partial charge < -0.3 is 0 Å². The Balaban J connectivity index is 1.85. The SMILES string of the molecule is CCc1ccccc1N=C1SC(=Cc2ccccc2F)C(=O)N1c1ccccc1CC. The molecule has 3 nitrogen and oxygen atoms in total. The molecule has 0 spiro atoms. The van der Waals surface area contributed by atoms with Gasteiger partial charge in [-0.2, -0.15) is 0 Å². The van der Waals surface area contributed by atoms with Crippen LogP contribution in [0.5, 0.6) is 0 Å². The highest BCUT2D eigenvalue weighted by molar-refractivity contribution is 8.19. The predicted octanol–water partition coefficient (Wildman–Crippen LogP) is 6.76. The number of benzene rings is 3. The second kappa shape index (κ2) is 9.31. The van der Waals surface area contributed by atoms with Gasteiger partial charge in [0.1, 0.15) is 5.82 Å². The molecule has 0 saturated carbocycles. The zero-order valence-corrected chi connectivity index (χ0v) is 18.3. The van der Waals surface area contributed by atoms with E-state index in [0.29, 0.717) is 15.6 Å². The fraction of sp³-hybridized carbons (Fsp3) is 0.154. The standard InChI is InChI=1S/C26H23FN2OS/c1-3-18-11-6-9-15-22(18)28-26-29(23-16-10-7-12-19(23)4-2)25(30)24(31-26)17-20-13-5-8-14-21(20)27/h5-17H,3-4H2,1-2H3. The lowest BCUT2D eigenvalue weighted by Crippen LogP contribution is -2.29. The summed E-state index contributed by atoms with van der Waals surface area (Å²) in [6.07, 6.45) is 3.24. The van der Waals surface area contributed by atoms with Crippen molar-refractivity contribution in [2.75, 3.05) is 4.90 Å². The van der Waals surface area contributed by atoms with Crippen LogP contribution in [-0.4, -0.2) is 11.1 Å². The molecule has 156 valence electrons. The number of amides is 1. The number of carbonyl (C=O) groups is 1. The lowest BCUT2D eigenvalue weighted by molar-refractivity contribution is -0.113. The highest BCUT2D eigenvalue weighted by atomic mass is 32.2. The van der Waals surface area contributed by atoms with E-state index in [1.165, 1.54) is 17.8 Å². The molecule has 3 aromatic rings. The number of anilines is 1. The Morgan fingerprint density at radius 2 is 1.55 bits per heavy atom. The third-order valence-electron chi connectivity index (χ3n) is 5.20. The molecule has 31 heavy (non-hydrogen) atoms. The van der Waals surface area contributed by atoms with Gasteiger partial charge in [0, 0.05) is 5.56 Å². The summed E-state index contributed by atoms with van der Waals surface area (Å²) in [5.74, 6) is -0.549. The molecular weight excluding hydrogens is 407 g/mol. The third kappa shape index (κ3) is 4.32. The number of aryl methyl sites for hydroxylation is 2. The van der Waals surface area contributed by atoms with E-state index >= 15 is 0 Å². The number of para-hydroxylation sites is 2. The van der Waals surface area contributed by atoms with Crippen LogP contribution in [0.3, 0.4) is 0 Å². The summed E-state index contributed by atoms with van der Waals surface area (Å²) in [5.41, 5.74) is 4.20. The van der Waals surface area contributed by atoms with Crippen LogP contribution < -0.4 is 4.90 Å². The van der Waals surface area contributed by atoms with E-state index in [-0.39, 0.29) is 11.7 Å². The molecule has 0 N–H and O–H groups in total. The molecule has 0 aliphatic carbocycles. The monoisotopic (exact) mass is 430 g/mol. The third-order valence-corrected chi connectivity index (χ3v) is 6.17. The van der Waals surface area contributed by atoms with Crippen molar-refractivity contribution in [3.63, 3.8) is 0 Å². The lowest BCUT2D eigenvalue weighted by atomic mass is 10.1. The van der Waals surface area contributed by atoms with Crippen molar-refractivity contribution in [3.05, 3.63) is 100 Å². The van der Waals surface area contributed by atoms with Crippen LogP contribution in [0.15, 0.2) is 82.7 Å². The van der Waals surface area contributed by atoms with Crippen LogP contribution in [0.1, 0.15) is 30.5 Å². The number of thioether (sulfide) groups is 1. The summed E-state index contributed by atoms with van der Waals surface area (Å²) in [6.45, 7) is 4.14. The number of amidine groups is 1. The first-order chi connectivity index (χ1) is 15.1. The van der Waals surface area contributed by atoms with Crippen molar-refractivity contribution in [1.29, 1.82) is 0 Å². The molecular formula is C26H23FN2OS. The van der Waals surface area contributed by atoms with Crippen molar-refractivity contribution in [2.45, 2.75) is 26.7 Å².